The van der Waals surface area contributed by atoms with Crippen molar-refractivity contribution in [2.45, 2.75) is 13.0 Å². The summed E-state index contributed by atoms with van der Waals surface area (Å²) in [5.41, 5.74) is 0.634. The van der Waals surface area contributed by atoms with E-state index in [0.717, 1.165) is 0 Å². The number of amides is 1. The number of nitrogens with one attached hydrogen (secondary N) is 1. The Bertz CT molecular complexity index is 557. The van der Waals surface area contributed by atoms with Crippen molar-refractivity contribution in [3.8, 4) is 5.75 Å². The van der Waals surface area contributed by atoms with E-state index >= 15 is 0 Å². The first-order valence-electron chi connectivity index (χ1n) is 5.65. The zero-order chi connectivity index (χ0) is 13.7. The average Bonchev–Trinajstić information content (AvgIpc) is 2.90. The maximum absolute atomic E-state index is 11.7. The largest absolute Gasteiger partial charge is 0.495 e. The second-order valence-corrected chi connectivity index (χ2v) is 4.21. The summed E-state index contributed by atoms with van der Waals surface area (Å²) in [5.74, 6) is 0.457. The minimum atomic E-state index is -0.114. The lowest BCUT2D eigenvalue weighted by Gasteiger charge is -2.08. The number of aromatic nitrogens is 3. The third kappa shape index (κ3) is 3.69. The van der Waals surface area contributed by atoms with Gasteiger partial charge in [-0.05, 0) is 18.2 Å². The van der Waals surface area contributed by atoms with Crippen molar-refractivity contribution >= 4 is 23.2 Å². The van der Waals surface area contributed by atoms with Crippen molar-refractivity contribution in [2.24, 2.45) is 0 Å². The van der Waals surface area contributed by atoms with E-state index in [0.29, 0.717) is 29.4 Å². The number of anilines is 1. The third-order valence-corrected chi connectivity index (χ3v) is 2.77. The van der Waals surface area contributed by atoms with Gasteiger partial charge in [-0.25, -0.2) is 4.98 Å². The number of rotatable bonds is 5. The Hall–Kier alpha value is -2.08. The second kappa shape index (κ2) is 6.19. The van der Waals surface area contributed by atoms with Gasteiger partial charge in [0, 0.05) is 12.1 Å². The summed E-state index contributed by atoms with van der Waals surface area (Å²) in [7, 11) is 1.54. The molecular weight excluding hydrogens is 268 g/mol. The van der Waals surface area contributed by atoms with Crippen LogP contribution in [0.5, 0.6) is 5.75 Å². The van der Waals surface area contributed by atoms with Gasteiger partial charge in [-0.1, -0.05) is 11.6 Å². The van der Waals surface area contributed by atoms with Crippen LogP contribution in [0.1, 0.15) is 6.42 Å². The highest BCUT2D eigenvalue weighted by atomic mass is 35.5. The fourth-order valence-electron chi connectivity index (χ4n) is 1.53. The lowest BCUT2D eigenvalue weighted by molar-refractivity contribution is -0.116. The van der Waals surface area contributed by atoms with Crippen molar-refractivity contribution in [1.82, 2.24) is 14.8 Å². The molecule has 0 aliphatic heterocycles. The van der Waals surface area contributed by atoms with Gasteiger partial charge in [-0.2, -0.15) is 5.10 Å². The van der Waals surface area contributed by atoms with E-state index in [1.807, 2.05) is 0 Å². The SMILES string of the molecule is COc1ccc(NC(=O)CCn2cncn2)cc1Cl. The molecule has 0 aliphatic rings. The molecule has 0 fully saturated rings. The van der Waals surface area contributed by atoms with Gasteiger partial charge in [0.15, 0.2) is 0 Å². The van der Waals surface area contributed by atoms with Gasteiger partial charge in [-0.15, -0.1) is 0 Å². The van der Waals surface area contributed by atoms with Crippen LogP contribution in [0.3, 0.4) is 0 Å². The van der Waals surface area contributed by atoms with Gasteiger partial charge in [0.2, 0.25) is 5.91 Å². The highest BCUT2D eigenvalue weighted by Gasteiger charge is 2.06. The maximum atomic E-state index is 11.7. The maximum Gasteiger partial charge on any atom is 0.226 e. The van der Waals surface area contributed by atoms with Crippen LogP contribution < -0.4 is 10.1 Å². The molecule has 0 saturated carbocycles. The van der Waals surface area contributed by atoms with Gasteiger partial charge in [-0.3, -0.25) is 9.48 Å². The van der Waals surface area contributed by atoms with Gasteiger partial charge in [0.05, 0.1) is 18.7 Å². The number of benzene rings is 1. The molecule has 0 spiro atoms. The Balaban J connectivity index is 1.90. The van der Waals surface area contributed by atoms with Crippen LogP contribution in [0, 0.1) is 0 Å². The van der Waals surface area contributed by atoms with Gasteiger partial charge in [0.1, 0.15) is 18.4 Å². The zero-order valence-electron chi connectivity index (χ0n) is 10.3. The predicted octanol–water partition coefficient (Wildman–Crippen LogP) is 1.97. The molecule has 6 nitrogen and oxygen atoms in total. The topological polar surface area (TPSA) is 69.0 Å². The van der Waals surface area contributed by atoms with E-state index < -0.39 is 0 Å². The van der Waals surface area contributed by atoms with E-state index in [-0.39, 0.29) is 5.91 Å². The molecular formula is C12H13ClN4O2. The molecule has 0 aliphatic carbocycles. The lowest BCUT2D eigenvalue weighted by Crippen LogP contribution is -2.14. The van der Waals surface area contributed by atoms with E-state index in [1.165, 1.54) is 13.4 Å². The Morgan fingerprint density at radius 3 is 3.00 bits per heavy atom. The second-order valence-electron chi connectivity index (χ2n) is 3.81. The third-order valence-electron chi connectivity index (χ3n) is 2.47. The normalized spacial score (nSPS) is 10.2. The lowest BCUT2D eigenvalue weighted by atomic mass is 10.3. The van der Waals surface area contributed by atoms with Crippen molar-refractivity contribution in [1.29, 1.82) is 0 Å². The molecule has 0 atom stereocenters. The monoisotopic (exact) mass is 280 g/mol. The van der Waals surface area contributed by atoms with Crippen molar-refractivity contribution in [2.75, 3.05) is 12.4 Å². The molecule has 2 aromatic rings. The molecule has 19 heavy (non-hydrogen) atoms. The summed E-state index contributed by atoms with van der Waals surface area (Å²) in [6.07, 6.45) is 3.31. The number of hydrogen-bond acceptors (Lipinski definition) is 4. The number of nitrogens with zero attached hydrogens (tertiary/aromatic N) is 3. The minimum Gasteiger partial charge on any atom is -0.495 e. The summed E-state index contributed by atoms with van der Waals surface area (Å²) in [5, 5.41) is 7.13. The first-order chi connectivity index (χ1) is 9.19. The first kappa shape index (κ1) is 13.4. The first-order valence-corrected chi connectivity index (χ1v) is 6.02. The van der Waals surface area contributed by atoms with E-state index in [2.05, 4.69) is 15.4 Å². The van der Waals surface area contributed by atoms with Crippen molar-refractivity contribution < 1.29 is 9.53 Å². The smallest absolute Gasteiger partial charge is 0.226 e. The van der Waals surface area contributed by atoms with Crippen LogP contribution >= 0.6 is 11.6 Å². The molecule has 2 rings (SSSR count). The van der Waals surface area contributed by atoms with Gasteiger partial charge >= 0.3 is 0 Å². The molecule has 0 radical (unpaired) electrons. The van der Waals surface area contributed by atoms with E-state index in [9.17, 15) is 4.79 Å². The molecule has 7 heteroatoms. The molecule has 100 valence electrons. The van der Waals surface area contributed by atoms with Crippen molar-refractivity contribution in [3.05, 3.63) is 35.9 Å². The molecule has 0 saturated heterocycles. The van der Waals surface area contributed by atoms with Crippen LogP contribution in [-0.2, 0) is 11.3 Å². The van der Waals surface area contributed by atoms with Gasteiger partial charge < -0.3 is 10.1 Å². The number of carbonyl (C=O) groups excluding carboxylic acids is 1. The minimum absolute atomic E-state index is 0.114. The average molecular weight is 281 g/mol. The number of carbonyl (C=O) groups is 1. The summed E-state index contributed by atoms with van der Waals surface area (Å²) < 4.78 is 6.64. The Morgan fingerprint density at radius 2 is 2.37 bits per heavy atom. The quantitative estimate of drug-likeness (QED) is 0.909. The highest BCUT2D eigenvalue weighted by Crippen LogP contribution is 2.27. The zero-order valence-corrected chi connectivity index (χ0v) is 11.1. The molecule has 1 N–H and O–H groups in total. The van der Waals surface area contributed by atoms with Crippen molar-refractivity contribution in [3.63, 3.8) is 0 Å². The van der Waals surface area contributed by atoms with Crippen LogP contribution in [0.4, 0.5) is 5.69 Å². The number of halogens is 1. The van der Waals surface area contributed by atoms with Crippen LogP contribution in [0.2, 0.25) is 5.02 Å². The number of hydrogen-bond donors (Lipinski definition) is 1. The summed E-state index contributed by atoms with van der Waals surface area (Å²) in [6.45, 7) is 0.482. The number of ether oxygens (including phenoxy) is 1. The Labute approximate surface area is 115 Å². The fraction of sp³-hybridized carbons (Fsp3) is 0.250. The fourth-order valence-corrected chi connectivity index (χ4v) is 1.79. The van der Waals surface area contributed by atoms with Crippen LogP contribution in [0.25, 0.3) is 0 Å². The molecule has 1 heterocycles. The predicted molar refractivity (Wildman–Crippen MR) is 71.3 cm³/mol. The molecule has 0 bridgehead atoms. The van der Waals surface area contributed by atoms with Crippen LogP contribution in [-0.4, -0.2) is 27.8 Å². The van der Waals surface area contributed by atoms with E-state index in [4.69, 9.17) is 16.3 Å². The summed E-state index contributed by atoms with van der Waals surface area (Å²) >= 11 is 5.97. The molecule has 1 aromatic carbocycles. The highest BCUT2D eigenvalue weighted by molar-refractivity contribution is 6.32. The Kier molecular flexibility index (Phi) is 4.35. The Morgan fingerprint density at radius 1 is 1.53 bits per heavy atom. The van der Waals surface area contributed by atoms with E-state index in [1.54, 1.807) is 29.2 Å². The summed E-state index contributed by atoms with van der Waals surface area (Å²) in [6, 6.07) is 5.08. The molecule has 1 aromatic heterocycles. The molecule has 0 unspecified atom stereocenters. The van der Waals surface area contributed by atoms with Gasteiger partial charge in [0.25, 0.3) is 0 Å². The number of methoxy groups -OCH3 is 1. The molecule has 1 amide bonds. The number of aryl methyl sites for hydroxylation is 1. The summed E-state index contributed by atoms with van der Waals surface area (Å²) in [4.78, 5) is 15.5. The van der Waals surface area contributed by atoms with Crippen LogP contribution in [0.15, 0.2) is 30.9 Å². The standard InChI is InChI=1S/C12H13ClN4O2/c1-19-11-3-2-9(6-10(11)13)16-12(18)4-5-17-8-14-7-15-17/h2-3,6-8H,4-5H2,1H3,(H,16,18).